The third-order valence-corrected chi connectivity index (χ3v) is 8.38. The van der Waals surface area contributed by atoms with E-state index in [0.29, 0.717) is 6.42 Å². The number of carbonyl (C=O) groups excluding carboxylic acids is 1. The Kier molecular flexibility index (Phi) is 33.6. The highest BCUT2D eigenvalue weighted by molar-refractivity contribution is 5.69. The maximum atomic E-state index is 12.6. The monoisotopic (exact) mass is 605 g/mol. The molecule has 0 aromatic heterocycles. The van der Waals surface area contributed by atoms with Crippen molar-refractivity contribution >= 4 is 11.9 Å². The van der Waals surface area contributed by atoms with E-state index in [-0.39, 0.29) is 18.5 Å². The van der Waals surface area contributed by atoms with Gasteiger partial charge in [0.1, 0.15) is 6.10 Å². The Morgan fingerprint density at radius 3 is 1.40 bits per heavy atom. The number of carboxylic acid groups (broad SMARTS) is 1. The van der Waals surface area contributed by atoms with Crippen LogP contribution < -0.4 is 0 Å². The van der Waals surface area contributed by atoms with Crippen LogP contribution in [-0.2, 0) is 14.3 Å². The van der Waals surface area contributed by atoms with Gasteiger partial charge in [-0.1, -0.05) is 148 Å². The van der Waals surface area contributed by atoms with E-state index in [1.807, 2.05) is 0 Å². The summed E-state index contributed by atoms with van der Waals surface area (Å²) in [5.41, 5.74) is 0. The fourth-order valence-electron chi connectivity index (χ4n) is 5.56. The van der Waals surface area contributed by atoms with Crippen LogP contribution in [0.4, 0.5) is 0 Å². The van der Waals surface area contributed by atoms with Gasteiger partial charge in [0.2, 0.25) is 0 Å². The van der Waals surface area contributed by atoms with Crippen LogP contribution in [0, 0.1) is 0 Å². The number of carbonyl (C=O) groups is 2. The topological polar surface area (TPSA) is 63.6 Å². The highest BCUT2D eigenvalue weighted by Gasteiger charge is 2.11. The number of carboxylic acids is 1. The Bertz CT molecular complexity index is 654. The van der Waals surface area contributed by atoms with Crippen LogP contribution in [0.15, 0.2) is 24.3 Å². The van der Waals surface area contributed by atoms with E-state index in [9.17, 15) is 9.59 Å². The number of esters is 1. The first-order valence-corrected chi connectivity index (χ1v) is 18.8. The van der Waals surface area contributed by atoms with E-state index in [2.05, 4.69) is 38.2 Å². The summed E-state index contributed by atoms with van der Waals surface area (Å²) < 4.78 is 5.91. The molecule has 0 saturated heterocycles. The number of hydrogen-bond acceptors (Lipinski definition) is 3. The Morgan fingerprint density at radius 2 is 0.907 bits per heavy atom. The molecule has 1 unspecified atom stereocenters. The standard InChI is InChI=1S/C39H72O4/c1-3-5-7-9-11-13-14-15-16-17-18-19-20-22-28-32-36-39(42)43-37(33-29-25-21-12-10-8-6-4-2)34-30-26-23-24-27-31-35-38(40)41/h16-17,29,33,37H,3-15,18-28,30-32,34-36H2,1-2H3,(H,40,41)/b17-16-,33-29-. The molecular weight excluding hydrogens is 532 g/mol. The second-order valence-corrected chi connectivity index (χ2v) is 12.8. The van der Waals surface area contributed by atoms with Gasteiger partial charge in [-0.2, -0.15) is 0 Å². The van der Waals surface area contributed by atoms with Gasteiger partial charge in [0.05, 0.1) is 0 Å². The summed E-state index contributed by atoms with van der Waals surface area (Å²) in [6.07, 6.45) is 43.5. The molecule has 0 aliphatic heterocycles. The molecule has 0 aromatic carbocycles. The van der Waals surface area contributed by atoms with Crippen molar-refractivity contribution in [2.75, 3.05) is 0 Å². The lowest BCUT2D eigenvalue weighted by Gasteiger charge is -2.15. The molecule has 0 aliphatic carbocycles. The minimum absolute atomic E-state index is 0.0452. The van der Waals surface area contributed by atoms with Crippen molar-refractivity contribution in [3.63, 3.8) is 0 Å². The van der Waals surface area contributed by atoms with Crippen molar-refractivity contribution in [3.05, 3.63) is 24.3 Å². The van der Waals surface area contributed by atoms with E-state index in [0.717, 1.165) is 64.2 Å². The quantitative estimate of drug-likeness (QED) is 0.0451. The fraction of sp³-hybridized carbons (Fsp3) is 0.846. The largest absolute Gasteiger partial charge is 0.481 e. The summed E-state index contributed by atoms with van der Waals surface area (Å²) in [4.78, 5) is 23.2. The second-order valence-electron chi connectivity index (χ2n) is 12.8. The summed E-state index contributed by atoms with van der Waals surface area (Å²) in [7, 11) is 0. The van der Waals surface area contributed by atoms with Crippen molar-refractivity contribution in [2.24, 2.45) is 0 Å². The van der Waals surface area contributed by atoms with Crippen LogP contribution in [0.5, 0.6) is 0 Å². The first-order chi connectivity index (χ1) is 21.1. The smallest absolute Gasteiger partial charge is 0.306 e. The van der Waals surface area contributed by atoms with Gasteiger partial charge in [-0.3, -0.25) is 9.59 Å². The average molecular weight is 605 g/mol. The SMILES string of the molecule is CCCCCCCC/C=C\C(CCCCCCCCC(=O)O)OC(=O)CCCCCCC/C=C\CCCCCCCCC. The van der Waals surface area contributed by atoms with E-state index in [1.165, 1.54) is 116 Å². The van der Waals surface area contributed by atoms with Crippen LogP contribution in [-0.4, -0.2) is 23.1 Å². The minimum Gasteiger partial charge on any atom is -0.481 e. The summed E-state index contributed by atoms with van der Waals surface area (Å²) in [6.45, 7) is 4.53. The van der Waals surface area contributed by atoms with Gasteiger partial charge in [-0.05, 0) is 70.3 Å². The first-order valence-electron chi connectivity index (χ1n) is 18.8. The third kappa shape index (κ3) is 34.8. The Morgan fingerprint density at radius 1 is 0.512 bits per heavy atom. The molecule has 0 aliphatic rings. The molecule has 0 amide bonds. The maximum Gasteiger partial charge on any atom is 0.306 e. The highest BCUT2D eigenvalue weighted by Crippen LogP contribution is 2.16. The highest BCUT2D eigenvalue weighted by atomic mass is 16.5. The molecule has 0 aromatic rings. The zero-order valence-corrected chi connectivity index (χ0v) is 28.8. The van der Waals surface area contributed by atoms with Gasteiger partial charge >= 0.3 is 11.9 Å². The molecule has 0 heterocycles. The van der Waals surface area contributed by atoms with Crippen LogP contribution in [0.25, 0.3) is 0 Å². The lowest BCUT2D eigenvalue weighted by atomic mass is 10.0. The molecule has 0 fully saturated rings. The number of hydrogen-bond donors (Lipinski definition) is 1. The maximum absolute atomic E-state index is 12.6. The third-order valence-electron chi connectivity index (χ3n) is 8.38. The summed E-state index contributed by atoms with van der Waals surface area (Å²) in [6, 6.07) is 0. The Balaban J connectivity index is 4.03. The first kappa shape index (κ1) is 41.4. The number of allylic oxidation sites excluding steroid dienone is 3. The predicted octanol–water partition coefficient (Wildman–Crippen LogP) is 12.8. The van der Waals surface area contributed by atoms with Gasteiger partial charge in [0, 0.05) is 12.8 Å². The number of aliphatic carboxylic acids is 1. The lowest BCUT2D eigenvalue weighted by molar-refractivity contribution is -0.147. The molecule has 0 bridgehead atoms. The zero-order valence-electron chi connectivity index (χ0n) is 28.8. The zero-order chi connectivity index (χ0) is 31.5. The van der Waals surface area contributed by atoms with Crippen molar-refractivity contribution in [1.29, 1.82) is 0 Å². The van der Waals surface area contributed by atoms with Gasteiger partial charge in [0.25, 0.3) is 0 Å². The summed E-state index contributed by atoms with van der Waals surface area (Å²) in [5.74, 6) is -0.745. The Labute approximate surface area is 267 Å². The van der Waals surface area contributed by atoms with Gasteiger partial charge < -0.3 is 9.84 Å². The molecule has 0 rings (SSSR count). The molecule has 0 saturated carbocycles. The van der Waals surface area contributed by atoms with Gasteiger partial charge in [-0.25, -0.2) is 0 Å². The Hall–Kier alpha value is -1.58. The van der Waals surface area contributed by atoms with E-state index in [4.69, 9.17) is 9.84 Å². The minimum atomic E-state index is -0.700. The molecule has 1 N–H and O–H groups in total. The van der Waals surface area contributed by atoms with Crippen molar-refractivity contribution in [3.8, 4) is 0 Å². The molecule has 252 valence electrons. The predicted molar refractivity (Wildman–Crippen MR) is 186 cm³/mol. The molecule has 1 atom stereocenters. The summed E-state index contributed by atoms with van der Waals surface area (Å²) >= 11 is 0. The van der Waals surface area contributed by atoms with E-state index in [1.54, 1.807) is 0 Å². The molecular formula is C39H72O4. The van der Waals surface area contributed by atoms with Crippen molar-refractivity contribution in [1.82, 2.24) is 0 Å². The molecule has 0 radical (unpaired) electrons. The molecule has 4 heteroatoms. The van der Waals surface area contributed by atoms with Gasteiger partial charge in [-0.15, -0.1) is 0 Å². The van der Waals surface area contributed by atoms with Crippen LogP contribution in [0.1, 0.15) is 206 Å². The molecule has 43 heavy (non-hydrogen) atoms. The van der Waals surface area contributed by atoms with Crippen LogP contribution in [0.3, 0.4) is 0 Å². The summed E-state index contributed by atoms with van der Waals surface area (Å²) in [5, 5.41) is 8.76. The lowest BCUT2D eigenvalue weighted by Crippen LogP contribution is -2.16. The van der Waals surface area contributed by atoms with Crippen molar-refractivity contribution < 1.29 is 19.4 Å². The van der Waals surface area contributed by atoms with Crippen molar-refractivity contribution in [2.45, 2.75) is 213 Å². The normalized spacial score (nSPS) is 12.4. The molecule has 4 nitrogen and oxygen atoms in total. The van der Waals surface area contributed by atoms with E-state index >= 15 is 0 Å². The fourth-order valence-corrected chi connectivity index (χ4v) is 5.56. The number of unbranched alkanes of at least 4 members (excludes halogenated alkanes) is 23. The number of ether oxygens (including phenoxy) is 1. The van der Waals surface area contributed by atoms with Crippen LogP contribution >= 0.6 is 0 Å². The van der Waals surface area contributed by atoms with Crippen LogP contribution in [0.2, 0.25) is 0 Å². The number of rotatable bonds is 34. The van der Waals surface area contributed by atoms with Gasteiger partial charge in [0.15, 0.2) is 0 Å². The molecule has 0 spiro atoms. The second kappa shape index (κ2) is 34.9. The van der Waals surface area contributed by atoms with E-state index < -0.39 is 5.97 Å². The average Bonchev–Trinajstić information content (AvgIpc) is 2.99.